The van der Waals surface area contributed by atoms with Crippen LogP contribution in [0.15, 0.2) is 54.9 Å². The van der Waals surface area contributed by atoms with Gasteiger partial charge in [0, 0.05) is 43.8 Å². The molecule has 2 aromatic rings. The lowest BCUT2D eigenvalue weighted by atomic mass is 9.99. The molecule has 1 aromatic heterocycles. The second-order valence-electron chi connectivity index (χ2n) is 7.51. The molecule has 1 fully saturated rings. The van der Waals surface area contributed by atoms with Crippen LogP contribution in [0.2, 0.25) is 0 Å². The number of nitrogens with one attached hydrogen (secondary N) is 1. The fourth-order valence-corrected chi connectivity index (χ4v) is 3.70. The molecule has 2 atom stereocenters. The van der Waals surface area contributed by atoms with E-state index in [1.54, 1.807) is 48.8 Å². The molecule has 1 saturated heterocycles. The van der Waals surface area contributed by atoms with Crippen LogP contribution >= 0.6 is 0 Å². The van der Waals surface area contributed by atoms with Crippen LogP contribution in [-0.4, -0.2) is 57.2 Å². The van der Waals surface area contributed by atoms with Gasteiger partial charge in [-0.3, -0.25) is 19.4 Å². The van der Waals surface area contributed by atoms with Crippen LogP contribution in [0, 0.1) is 0 Å². The third-order valence-electron chi connectivity index (χ3n) is 5.34. The maximum absolute atomic E-state index is 12.9. The fraction of sp³-hybridized carbons (Fsp3) is 0.348. The Morgan fingerprint density at radius 1 is 1.10 bits per heavy atom. The van der Waals surface area contributed by atoms with Gasteiger partial charge in [-0.25, -0.2) is 4.79 Å². The van der Waals surface area contributed by atoms with E-state index in [0.717, 1.165) is 5.56 Å². The monoisotopic (exact) mass is 423 g/mol. The van der Waals surface area contributed by atoms with E-state index in [1.165, 1.54) is 4.90 Å². The largest absolute Gasteiger partial charge is 0.480 e. The first kappa shape index (κ1) is 22.1. The third-order valence-corrected chi connectivity index (χ3v) is 5.34. The van der Waals surface area contributed by atoms with Crippen molar-refractivity contribution in [3.05, 3.63) is 66.0 Å². The first-order chi connectivity index (χ1) is 15.0. The van der Waals surface area contributed by atoms with Gasteiger partial charge in [0.15, 0.2) is 5.78 Å². The summed E-state index contributed by atoms with van der Waals surface area (Å²) in [5.41, 5.74) is 1.22. The molecule has 3 rings (SSSR count). The smallest absolute Gasteiger partial charge is 0.326 e. The van der Waals surface area contributed by atoms with Gasteiger partial charge in [0.1, 0.15) is 6.04 Å². The molecule has 1 aliphatic heterocycles. The summed E-state index contributed by atoms with van der Waals surface area (Å²) in [6.07, 6.45) is 4.38. The van der Waals surface area contributed by atoms with Crippen LogP contribution in [0.25, 0.3) is 0 Å². The molecular weight excluding hydrogens is 398 g/mol. The Morgan fingerprint density at radius 3 is 2.55 bits per heavy atom. The minimum atomic E-state index is -1.03. The fourth-order valence-electron chi connectivity index (χ4n) is 3.70. The standard InChI is InChI=1S/C23H25N3O5/c27-20(10-11-21(28)26-13-5-9-19(26)23(30)31)18(14-16-6-4-12-24-15-16)25-22(29)17-7-2-1-3-8-17/h1-4,6-8,12,15,18-19H,5,9-11,13-14H2,(H,25,29)(H,30,31)/t18-,19+/m1/s1. The number of ketones is 1. The molecule has 0 radical (unpaired) electrons. The Hall–Kier alpha value is -3.55. The summed E-state index contributed by atoms with van der Waals surface area (Å²) in [5, 5.41) is 12.0. The number of hydrogen-bond donors (Lipinski definition) is 2. The maximum Gasteiger partial charge on any atom is 0.326 e. The van der Waals surface area contributed by atoms with E-state index < -0.39 is 18.1 Å². The molecule has 1 aromatic carbocycles. The Morgan fingerprint density at radius 2 is 1.87 bits per heavy atom. The molecule has 2 heterocycles. The zero-order chi connectivity index (χ0) is 22.2. The summed E-state index contributed by atoms with van der Waals surface area (Å²) in [6.45, 7) is 0.383. The third kappa shape index (κ3) is 5.97. The maximum atomic E-state index is 12.9. The molecule has 8 nitrogen and oxygen atoms in total. The number of carbonyl (C=O) groups is 4. The summed E-state index contributed by atoms with van der Waals surface area (Å²) in [7, 11) is 0. The number of carbonyl (C=O) groups excluding carboxylic acids is 3. The van der Waals surface area contributed by atoms with Crippen molar-refractivity contribution in [2.75, 3.05) is 6.54 Å². The SMILES string of the molecule is O=C(N[C@H](Cc1cccnc1)C(=O)CCC(=O)N1CCC[C@H]1C(=O)O)c1ccccc1. The van der Waals surface area contributed by atoms with Gasteiger partial charge >= 0.3 is 5.97 Å². The number of aliphatic carboxylic acids is 1. The van der Waals surface area contributed by atoms with Crippen LogP contribution in [-0.2, 0) is 20.8 Å². The second-order valence-corrected chi connectivity index (χ2v) is 7.51. The first-order valence-electron chi connectivity index (χ1n) is 10.3. The number of pyridine rings is 1. The minimum absolute atomic E-state index is 0.0817. The number of benzene rings is 1. The van der Waals surface area contributed by atoms with Crippen molar-refractivity contribution in [2.45, 2.75) is 44.2 Å². The lowest BCUT2D eigenvalue weighted by Crippen LogP contribution is -2.44. The summed E-state index contributed by atoms with van der Waals surface area (Å²) < 4.78 is 0. The van der Waals surface area contributed by atoms with Gasteiger partial charge < -0.3 is 15.3 Å². The summed E-state index contributed by atoms with van der Waals surface area (Å²) in [5.74, 6) is -2.04. The molecule has 1 aliphatic rings. The number of amides is 2. The molecule has 0 bridgehead atoms. The highest BCUT2D eigenvalue weighted by Gasteiger charge is 2.34. The number of likely N-dealkylation sites (tertiary alicyclic amines) is 1. The highest BCUT2D eigenvalue weighted by molar-refractivity contribution is 5.98. The number of carboxylic acid groups (broad SMARTS) is 1. The van der Waals surface area contributed by atoms with Gasteiger partial charge in [-0.1, -0.05) is 24.3 Å². The zero-order valence-electron chi connectivity index (χ0n) is 17.1. The predicted molar refractivity (Wildman–Crippen MR) is 112 cm³/mol. The second kappa shape index (κ2) is 10.5. The lowest BCUT2D eigenvalue weighted by molar-refractivity contribution is -0.148. The van der Waals surface area contributed by atoms with Gasteiger partial charge in [-0.05, 0) is 36.6 Å². The van der Waals surface area contributed by atoms with E-state index in [1.807, 2.05) is 6.07 Å². The van der Waals surface area contributed by atoms with Crippen molar-refractivity contribution in [3.63, 3.8) is 0 Å². The number of hydrogen-bond acceptors (Lipinski definition) is 5. The quantitative estimate of drug-likeness (QED) is 0.636. The van der Waals surface area contributed by atoms with Crippen molar-refractivity contribution in [2.24, 2.45) is 0 Å². The van der Waals surface area contributed by atoms with Crippen LogP contribution in [0.5, 0.6) is 0 Å². The molecule has 31 heavy (non-hydrogen) atoms. The van der Waals surface area contributed by atoms with E-state index in [9.17, 15) is 24.3 Å². The first-order valence-corrected chi connectivity index (χ1v) is 10.3. The summed E-state index contributed by atoms with van der Waals surface area (Å²) >= 11 is 0. The minimum Gasteiger partial charge on any atom is -0.480 e. The van der Waals surface area contributed by atoms with Crippen molar-refractivity contribution < 1.29 is 24.3 Å². The number of carboxylic acids is 1. The number of Topliss-reactive ketones (excluding diaryl/α,β-unsaturated/α-hetero) is 1. The Labute approximate surface area is 180 Å². The average Bonchev–Trinajstić information content (AvgIpc) is 3.28. The molecule has 0 spiro atoms. The number of aromatic nitrogens is 1. The zero-order valence-corrected chi connectivity index (χ0v) is 17.1. The molecule has 162 valence electrons. The van der Waals surface area contributed by atoms with Crippen LogP contribution < -0.4 is 5.32 Å². The van der Waals surface area contributed by atoms with Crippen LogP contribution in [0.1, 0.15) is 41.6 Å². The molecule has 0 aliphatic carbocycles. The molecule has 8 heteroatoms. The number of nitrogens with zero attached hydrogens (tertiary/aromatic N) is 2. The van der Waals surface area contributed by atoms with Crippen molar-refractivity contribution >= 4 is 23.6 Å². The van der Waals surface area contributed by atoms with Gasteiger partial charge in [0.25, 0.3) is 5.91 Å². The molecule has 0 saturated carbocycles. The Bertz CT molecular complexity index is 933. The molecule has 2 N–H and O–H groups in total. The molecular formula is C23H25N3O5. The Kier molecular flexibility index (Phi) is 7.48. The van der Waals surface area contributed by atoms with Gasteiger partial charge in [-0.15, -0.1) is 0 Å². The molecule has 2 amide bonds. The predicted octanol–water partition coefficient (Wildman–Crippen LogP) is 1.85. The van der Waals surface area contributed by atoms with Gasteiger partial charge in [0.05, 0.1) is 6.04 Å². The van der Waals surface area contributed by atoms with Gasteiger partial charge in [0.2, 0.25) is 5.91 Å². The normalized spacial score (nSPS) is 16.5. The van der Waals surface area contributed by atoms with E-state index >= 15 is 0 Å². The van der Waals surface area contributed by atoms with Crippen LogP contribution in [0.4, 0.5) is 0 Å². The Balaban J connectivity index is 1.66. The topological polar surface area (TPSA) is 117 Å². The number of rotatable bonds is 9. The summed E-state index contributed by atoms with van der Waals surface area (Å²) in [6, 6.07) is 10.5. The average molecular weight is 423 g/mol. The lowest BCUT2D eigenvalue weighted by Gasteiger charge is -2.22. The van der Waals surface area contributed by atoms with Crippen molar-refractivity contribution in [1.82, 2.24) is 15.2 Å². The van der Waals surface area contributed by atoms with Gasteiger partial charge in [-0.2, -0.15) is 0 Å². The molecule has 0 unspecified atom stereocenters. The van der Waals surface area contributed by atoms with E-state index in [-0.39, 0.29) is 36.9 Å². The van der Waals surface area contributed by atoms with Crippen molar-refractivity contribution in [1.29, 1.82) is 0 Å². The van der Waals surface area contributed by atoms with E-state index in [4.69, 9.17) is 0 Å². The van der Waals surface area contributed by atoms with E-state index in [0.29, 0.717) is 24.9 Å². The van der Waals surface area contributed by atoms with E-state index in [2.05, 4.69) is 10.3 Å². The van der Waals surface area contributed by atoms with Crippen LogP contribution in [0.3, 0.4) is 0 Å². The highest BCUT2D eigenvalue weighted by atomic mass is 16.4. The highest BCUT2D eigenvalue weighted by Crippen LogP contribution is 2.19. The summed E-state index contributed by atoms with van der Waals surface area (Å²) in [4.78, 5) is 54.7. The van der Waals surface area contributed by atoms with Crippen molar-refractivity contribution in [3.8, 4) is 0 Å².